The van der Waals surface area contributed by atoms with Gasteiger partial charge in [-0.15, -0.1) is 11.3 Å². The van der Waals surface area contributed by atoms with Crippen LogP contribution in [-0.4, -0.2) is 28.9 Å². The number of thiazole rings is 1. The van der Waals surface area contributed by atoms with Crippen LogP contribution in [0.5, 0.6) is 5.75 Å². The monoisotopic (exact) mass is 402 g/mol. The maximum absolute atomic E-state index is 13.4. The van der Waals surface area contributed by atoms with Crippen LogP contribution in [0.4, 0.5) is 8.78 Å². The van der Waals surface area contributed by atoms with Gasteiger partial charge in [0.25, 0.3) is 5.91 Å². The van der Waals surface area contributed by atoms with Crippen LogP contribution in [0, 0.1) is 11.6 Å². The van der Waals surface area contributed by atoms with E-state index in [0.717, 1.165) is 11.6 Å². The van der Waals surface area contributed by atoms with Crippen LogP contribution in [0.2, 0.25) is 0 Å². The van der Waals surface area contributed by atoms with Crippen LogP contribution in [0.25, 0.3) is 10.6 Å². The lowest BCUT2D eigenvalue weighted by atomic mass is 10.2. The van der Waals surface area contributed by atoms with E-state index in [-0.39, 0.29) is 18.6 Å². The topological polar surface area (TPSA) is 42.4 Å². The molecule has 0 fully saturated rings. The summed E-state index contributed by atoms with van der Waals surface area (Å²) < 4.78 is 32.5. The third kappa shape index (κ3) is 4.54. The molecule has 1 heterocycles. The highest BCUT2D eigenvalue weighted by molar-refractivity contribution is 7.13. The molecule has 0 N–H and O–H groups in total. The number of rotatable bonds is 6. The number of para-hydroxylation sites is 1. The molecule has 146 valence electrons. The Labute approximate surface area is 166 Å². The first-order chi connectivity index (χ1) is 13.3. The van der Waals surface area contributed by atoms with E-state index in [9.17, 15) is 13.6 Å². The summed E-state index contributed by atoms with van der Waals surface area (Å²) in [5.74, 6) is -0.919. The fourth-order valence-electron chi connectivity index (χ4n) is 2.54. The van der Waals surface area contributed by atoms with Crippen molar-refractivity contribution in [3.05, 3.63) is 70.7 Å². The zero-order valence-corrected chi connectivity index (χ0v) is 16.6. The highest BCUT2D eigenvalue weighted by atomic mass is 32.1. The van der Waals surface area contributed by atoms with Gasteiger partial charge in [-0.1, -0.05) is 12.1 Å². The van der Waals surface area contributed by atoms with Crippen LogP contribution in [0.1, 0.15) is 29.9 Å². The summed E-state index contributed by atoms with van der Waals surface area (Å²) in [5, 5.41) is 2.36. The molecule has 1 amide bonds. The van der Waals surface area contributed by atoms with Gasteiger partial charge in [0.15, 0.2) is 0 Å². The highest BCUT2D eigenvalue weighted by Crippen LogP contribution is 2.33. The fourth-order valence-corrected chi connectivity index (χ4v) is 3.36. The van der Waals surface area contributed by atoms with Crippen molar-refractivity contribution in [2.75, 3.05) is 7.05 Å². The standard InChI is InChI=1S/C21H20F2N2O2S/c1-13(2)25(3)21(26)18-12-28-20(24-18)17-6-4-5-7-19(17)27-11-14-8-15(22)10-16(23)9-14/h4-10,12-13H,11H2,1-3H3. The van der Waals surface area contributed by atoms with Gasteiger partial charge in [-0.05, 0) is 43.7 Å². The fraction of sp³-hybridized carbons (Fsp3) is 0.238. The van der Waals surface area contributed by atoms with E-state index in [1.807, 2.05) is 26.0 Å². The van der Waals surface area contributed by atoms with Crippen LogP contribution in [0.15, 0.2) is 47.8 Å². The summed E-state index contributed by atoms with van der Waals surface area (Å²) in [7, 11) is 1.74. The van der Waals surface area contributed by atoms with Gasteiger partial charge in [0.05, 0.1) is 5.56 Å². The summed E-state index contributed by atoms with van der Waals surface area (Å²) in [6.45, 7) is 3.88. The number of aromatic nitrogens is 1. The van der Waals surface area contributed by atoms with Crippen molar-refractivity contribution in [2.24, 2.45) is 0 Å². The summed E-state index contributed by atoms with van der Waals surface area (Å²) in [5.41, 5.74) is 1.48. The molecule has 0 aliphatic rings. The number of ether oxygens (including phenoxy) is 1. The molecular weight excluding hydrogens is 382 g/mol. The number of nitrogens with zero attached hydrogens (tertiary/aromatic N) is 2. The second kappa shape index (κ2) is 8.48. The Morgan fingerprint density at radius 2 is 1.86 bits per heavy atom. The predicted octanol–water partition coefficient (Wildman–Crippen LogP) is 5.15. The van der Waals surface area contributed by atoms with E-state index >= 15 is 0 Å². The van der Waals surface area contributed by atoms with Crippen molar-refractivity contribution in [3.8, 4) is 16.3 Å². The van der Waals surface area contributed by atoms with Crippen molar-refractivity contribution >= 4 is 17.2 Å². The molecule has 0 spiro atoms. The molecule has 0 saturated carbocycles. The molecule has 2 aromatic carbocycles. The number of carbonyl (C=O) groups excluding carboxylic acids is 1. The van der Waals surface area contributed by atoms with E-state index in [2.05, 4.69) is 4.98 Å². The maximum Gasteiger partial charge on any atom is 0.273 e. The first-order valence-corrected chi connectivity index (χ1v) is 9.63. The first-order valence-electron chi connectivity index (χ1n) is 8.75. The predicted molar refractivity (Wildman–Crippen MR) is 105 cm³/mol. The van der Waals surface area contributed by atoms with E-state index in [1.165, 1.54) is 23.5 Å². The summed E-state index contributed by atoms with van der Waals surface area (Å²) in [4.78, 5) is 18.5. The van der Waals surface area contributed by atoms with E-state index in [4.69, 9.17) is 4.74 Å². The summed E-state index contributed by atoms with van der Waals surface area (Å²) in [6.07, 6.45) is 0. The molecule has 3 rings (SSSR count). The van der Waals surface area contributed by atoms with Gasteiger partial charge in [-0.2, -0.15) is 0 Å². The maximum atomic E-state index is 13.4. The van der Waals surface area contributed by atoms with Gasteiger partial charge in [0, 0.05) is 24.5 Å². The second-order valence-electron chi connectivity index (χ2n) is 6.61. The molecular formula is C21H20F2N2O2S. The first kappa shape index (κ1) is 19.9. The van der Waals surface area contributed by atoms with Gasteiger partial charge in [-0.3, -0.25) is 4.79 Å². The average Bonchev–Trinajstić information content (AvgIpc) is 3.14. The third-order valence-electron chi connectivity index (χ3n) is 4.25. The number of hydrogen-bond acceptors (Lipinski definition) is 4. The molecule has 0 unspecified atom stereocenters. The molecule has 0 aliphatic carbocycles. The van der Waals surface area contributed by atoms with Gasteiger partial charge in [0.1, 0.15) is 34.7 Å². The van der Waals surface area contributed by atoms with Gasteiger partial charge in [0.2, 0.25) is 0 Å². The zero-order valence-electron chi connectivity index (χ0n) is 15.8. The van der Waals surface area contributed by atoms with E-state index in [0.29, 0.717) is 22.0 Å². The van der Waals surface area contributed by atoms with Gasteiger partial charge in [-0.25, -0.2) is 13.8 Å². The number of halogens is 2. The smallest absolute Gasteiger partial charge is 0.273 e. The van der Waals surface area contributed by atoms with Crippen LogP contribution in [0.3, 0.4) is 0 Å². The van der Waals surface area contributed by atoms with Gasteiger partial charge < -0.3 is 9.64 Å². The van der Waals surface area contributed by atoms with Crippen molar-refractivity contribution in [1.82, 2.24) is 9.88 Å². The minimum atomic E-state index is -0.649. The molecule has 28 heavy (non-hydrogen) atoms. The van der Waals surface area contributed by atoms with Crippen molar-refractivity contribution in [3.63, 3.8) is 0 Å². The summed E-state index contributed by atoms with van der Waals surface area (Å²) in [6, 6.07) is 10.6. The lowest BCUT2D eigenvalue weighted by Crippen LogP contribution is -2.33. The highest BCUT2D eigenvalue weighted by Gasteiger charge is 2.19. The lowest BCUT2D eigenvalue weighted by Gasteiger charge is -2.20. The molecule has 0 aliphatic heterocycles. The van der Waals surface area contributed by atoms with Crippen LogP contribution in [-0.2, 0) is 6.61 Å². The Morgan fingerprint density at radius 3 is 2.54 bits per heavy atom. The number of carbonyl (C=O) groups is 1. The molecule has 0 saturated heterocycles. The Bertz CT molecular complexity index is 968. The minimum Gasteiger partial charge on any atom is -0.488 e. The number of hydrogen-bond donors (Lipinski definition) is 0. The van der Waals surface area contributed by atoms with E-state index in [1.54, 1.807) is 29.5 Å². The second-order valence-corrected chi connectivity index (χ2v) is 7.47. The van der Waals surface area contributed by atoms with E-state index < -0.39 is 11.6 Å². The Balaban J connectivity index is 1.82. The molecule has 7 heteroatoms. The van der Waals surface area contributed by atoms with Crippen LogP contribution < -0.4 is 4.74 Å². The molecule has 1 aromatic heterocycles. The molecule has 3 aromatic rings. The Hall–Kier alpha value is -2.80. The Morgan fingerprint density at radius 1 is 1.18 bits per heavy atom. The molecule has 0 radical (unpaired) electrons. The number of amides is 1. The minimum absolute atomic E-state index is 0.0128. The Kier molecular flexibility index (Phi) is 6.04. The normalized spacial score (nSPS) is 10.9. The average molecular weight is 402 g/mol. The number of benzene rings is 2. The van der Waals surface area contributed by atoms with Crippen molar-refractivity contribution < 1.29 is 18.3 Å². The zero-order chi connectivity index (χ0) is 20.3. The quantitative estimate of drug-likeness (QED) is 0.573. The third-order valence-corrected chi connectivity index (χ3v) is 5.13. The van der Waals surface area contributed by atoms with Crippen LogP contribution >= 0.6 is 11.3 Å². The molecule has 4 nitrogen and oxygen atoms in total. The SMILES string of the molecule is CC(C)N(C)C(=O)c1csc(-c2ccccc2OCc2cc(F)cc(F)c2)n1. The van der Waals surface area contributed by atoms with Crippen molar-refractivity contribution in [2.45, 2.75) is 26.5 Å². The molecule has 0 bridgehead atoms. The van der Waals surface area contributed by atoms with Gasteiger partial charge >= 0.3 is 0 Å². The molecule has 0 atom stereocenters. The lowest BCUT2D eigenvalue weighted by molar-refractivity contribution is 0.0750. The largest absolute Gasteiger partial charge is 0.488 e. The van der Waals surface area contributed by atoms with Crippen molar-refractivity contribution in [1.29, 1.82) is 0 Å². The summed E-state index contributed by atoms with van der Waals surface area (Å²) >= 11 is 1.34.